The van der Waals surface area contributed by atoms with Gasteiger partial charge in [-0.1, -0.05) is 42.5 Å². The summed E-state index contributed by atoms with van der Waals surface area (Å²) in [6.45, 7) is 4.27. The summed E-state index contributed by atoms with van der Waals surface area (Å²) < 4.78 is 22.1. The second-order valence-corrected chi connectivity index (χ2v) is 11.2. The largest absolute Gasteiger partial charge is 0.441 e. The van der Waals surface area contributed by atoms with Crippen molar-refractivity contribution in [2.45, 2.75) is 44.4 Å². The molecular formula is C32H32FN3O2. The van der Waals surface area contributed by atoms with E-state index >= 15 is 0 Å². The van der Waals surface area contributed by atoms with Gasteiger partial charge in [0.05, 0.1) is 6.54 Å². The van der Waals surface area contributed by atoms with Gasteiger partial charge in [-0.3, -0.25) is 9.80 Å². The van der Waals surface area contributed by atoms with E-state index in [4.69, 9.17) is 4.74 Å². The third-order valence-electron chi connectivity index (χ3n) is 8.49. The van der Waals surface area contributed by atoms with Crippen molar-refractivity contribution in [3.8, 4) is 11.1 Å². The average Bonchev–Trinajstić information content (AvgIpc) is 3.62. The molecule has 7 rings (SSSR count). The fourth-order valence-corrected chi connectivity index (χ4v) is 6.21. The van der Waals surface area contributed by atoms with Crippen LogP contribution >= 0.6 is 0 Å². The maximum absolute atomic E-state index is 13.7. The number of ether oxygens (including phenoxy) is 1. The molecule has 0 atom stereocenters. The molecule has 1 aliphatic carbocycles. The lowest BCUT2D eigenvalue weighted by molar-refractivity contribution is -0.000890. The van der Waals surface area contributed by atoms with Crippen molar-refractivity contribution in [2.24, 2.45) is 5.92 Å². The van der Waals surface area contributed by atoms with Crippen LogP contribution in [0.15, 0.2) is 79.0 Å². The van der Waals surface area contributed by atoms with Crippen molar-refractivity contribution in [2.75, 3.05) is 24.5 Å². The summed E-state index contributed by atoms with van der Waals surface area (Å²) in [5.74, 6) is 0.556. The highest BCUT2D eigenvalue weighted by Gasteiger charge is 2.47. The highest BCUT2D eigenvalue weighted by Crippen LogP contribution is 2.39. The first-order valence-corrected chi connectivity index (χ1v) is 13.7. The Morgan fingerprint density at radius 1 is 0.921 bits per heavy atom. The molecule has 194 valence electrons. The molecule has 1 spiro atoms. The Bertz CT molecular complexity index is 1470. The van der Waals surface area contributed by atoms with Crippen LogP contribution < -0.4 is 4.90 Å². The molecular weight excluding hydrogens is 477 g/mol. The minimum atomic E-state index is -0.414. The van der Waals surface area contributed by atoms with Crippen molar-refractivity contribution in [3.63, 3.8) is 0 Å². The molecule has 0 bridgehead atoms. The molecule has 3 aliphatic rings. The lowest BCUT2D eigenvalue weighted by Crippen LogP contribution is -2.46. The molecule has 3 fully saturated rings. The molecule has 1 amide bonds. The number of aromatic nitrogens is 1. The molecule has 5 nitrogen and oxygen atoms in total. The second-order valence-electron chi connectivity index (χ2n) is 11.2. The molecule has 3 aromatic carbocycles. The zero-order valence-corrected chi connectivity index (χ0v) is 21.5. The number of rotatable bonds is 6. The fraction of sp³-hybridized carbons (Fsp3) is 0.344. The van der Waals surface area contributed by atoms with E-state index in [9.17, 15) is 9.18 Å². The van der Waals surface area contributed by atoms with E-state index in [1.54, 1.807) is 17.0 Å². The first-order valence-electron chi connectivity index (χ1n) is 13.7. The number of para-hydroxylation sites is 1. The standard InChI is InChI=1S/C32H32FN3O2/c33-26-13-11-24(12-14-26)28-7-4-8-29-30(28)25(21-35(29)19-23-9-10-23)20-34-17-15-32(16-18-34)22-36(31(37)38-32)27-5-2-1-3-6-27/h1-8,11-14,21,23H,9-10,15-20,22H2. The lowest BCUT2D eigenvalue weighted by atomic mass is 9.90. The molecule has 0 N–H and O–H groups in total. The fourth-order valence-electron chi connectivity index (χ4n) is 6.21. The molecule has 1 saturated carbocycles. The Balaban J connectivity index is 1.14. The Hall–Kier alpha value is -3.64. The van der Waals surface area contributed by atoms with Crippen LogP contribution in [0, 0.1) is 11.7 Å². The number of hydrogen-bond donors (Lipinski definition) is 0. The van der Waals surface area contributed by atoms with Crippen LogP contribution in [0.25, 0.3) is 22.0 Å². The predicted octanol–water partition coefficient (Wildman–Crippen LogP) is 6.85. The van der Waals surface area contributed by atoms with E-state index < -0.39 is 5.60 Å². The van der Waals surface area contributed by atoms with Crippen molar-refractivity contribution < 1.29 is 13.9 Å². The van der Waals surface area contributed by atoms with Gasteiger partial charge >= 0.3 is 6.09 Å². The second kappa shape index (κ2) is 9.28. The van der Waals surface area contributed by atoms with Crippen molar-refractivity contribution in [1.82, 2.24) is 9.47 Å². The Morgan fingerprint density at radius 3 is 2.42 bits per heavy atom. The number of piperidine rings is 1. The topological polar surface area (TPSA) is 37.7 Å². The Morgan fingerprint density at radius 2 is 1.68 bits per heavy atom. The van der Waals surface area contributed by atoms with Gasteiger partial charge in [0.15, 0.2) is 0 Å². The van der Waals surface area contributed by atoms with Crippen LogP contribution in [-0.4, -0.2) is 40.8 Å². The molecule has 0 radical (unpaired) electrons. The van der Waals surface area contributed by atoms with E-state index in [0.29, 0.717) is 6.54 Å². The number of fused-ring (bicyclic) bond motifs is 1. The minimum absolute atomic E-state index is 0.215. The summed E-state index contributed by atoms with van der Waals surface area (Å²) >= 11 is 0. The summed E-state index contributed by atoms with van der Waals surface area (Å²) in [6, 6.07) is 23.1. The first kappa shape index (κ1) is 23.5. The van der Waals surface area contributed by atoms with Gasteiger partial charge in [0.2, 0.25) is 0 Å². The third-order valence-corrected chi connectivity index (χ3v) is 8.49. The number of nitrogens with zero attached hydrogens (tertiary/aromatic N) is 3. The Labute approximate surface area is 222 Å². The van der Waals surface area contributed by atoms with Crippen LogP contribution in [0.2, 0.25) is 0 Å². The van der Waals surface area contributed by atoms with Gasteiger partial charge in [-0.05, 0) is 65.8 Å². The van der Waals surface area contributed by atoms with Gasteiger partial charge in [-0.2, -0.15) is 0 Å². The van der Waals surface area contributed by atoms with Gasteiger partial charge in [0.25, 0.3) is 0 Å². The summed E-state index contributed by atoms with van der Waals surface area (Å²) in [4.78, 5) is 17.0. The maximum atomic E-state index is 13.7. The van der Waals surface area contributed by atoms with E-state index in [1.165, 1.54) is 29.3 Å². The zero-order valence-electron chi connectivity index (χ0n) is 21.5. The van der Waals surface area contributed by atoms with Crippen LogP contribution in [0.1, 0.15) is 31.2 Å². The molecule has 0 unspecified atom stereocenters. The third kappa shape index (κ3) is 4.37. The number of anilines is 1. The summed E-state index contributed by atoms with van der Waals surface area (Å²) in [5, 5.41) is 1.27. The zero-order chi connectivity index (χ0) is 25.7. The number of halogens is 1. The number of benzene rings is 3. The molecule has 1 aromatic heterocycles. The minimum Gasteiger partial charge on any atom is -0.441 e. The molecule has 38 heavy (non-hydrogen) atoms. The highest BCUT2D eigenvalue weighted by molar-refractivity contribution is 5.98. The Kier molecular flexibility index (Phi) is 5.73. The summed E-state index contributed by atoms with van der Waals surface area (Å²) in [7, 11) is 0. The van der Waals surface area contributed by atoms with E-state index in [2.05, 4.69) is 33.9 Å². The van der Waals surface area contributed by atoms with E-state index in [0.717, 1.165) is 61.8 Å². The van der Waals surface area contributed by atoms with Crippen molar-refractivity contribution >= 4 is 22.7 Å². The monoisotopic (exact) mass is 509 g/mol. The van der Waals surface area contributed by atoms with Crippen molar-refractivity contribution in [1.29, 1.82) is 0 Å². The van der Waals surface area contributed by atoms with Crippen LogP contribution in [0.3, 0.4) is 0 Å². The molecule has 3 heterocycles. The van der Waals surface area contributed by atoms with Crippen molar-refractivity contribution in [3.05, 3.63) is 90.4 Å². The van der Waals surface area contributed by atoms with E-state index in [-0.39, 0.29) is 11.9 Å². The number of carbonyl (C=O) groups excluding carboxylic acids is 1. The van der Waals surface area contributed by atoms with E-state index in [1.807, 2.05) is 42.5 Å². The highest BCUT2D eigenvalue weighted by atomic mass is 19.1. The molecule has 2 aliphatic heterocycles. The average molecular weight is 510 g/mol. The van der Waals surface area contributed by atoms with Crippen LogP contribution in [0.4, 0.5) is 14.9 Å². The SMILES string of the molecule is O=C1OC2(CCN(Cc3cn(CC4CC4)c4cccc(-c5ccc(F)cc5)c34)CC2)CN1c1ccccc1. The smallest absolute Gasteiger partial charge is 0.415 e. The first-order chi connectivity index (χ1) is 18.6. The maximum Gasteiger partial charge on any atom is 0.415 e. The quantitative estimate of drug-likeness (QED) is 0.285. The predicted molar refractivity (Wildman–Crippen MR) is 148 cm³/mol. The van der Waals surface area contributed by atoms with Gasteiger partial charge in [-0.25, -0.2) is 9.18 Å². The summed E-state index contributed by atoms with van der Waals surface area (Å²) in [5.41, 5.74) is 5.25. The lowest BCUT2D eigenvalue weighted by Gasteiger charge is -2.37. The number of amides is 1. The normalized spacial score (nSPS) is 19.4. The van der Waals surface area contributed by atoms with Crippen LogP contribution in [-0.2, 0) is 17.8 Å². The molecule has 2 saturated heterocycles. The van der Waals surface area contributed by atoms with Gasteiger partial charge in [0, 0.05) is 61.8 Å². The number of hydrogen-bond acceptors (Lipinski definition) is 3. The van der Waals surface area contributed by atoms with Crippen LogP contribution in [0.5, 0.6) is 0 Å². The molecule has 6 heteroatoms. The number of likely N-dealkylation sites (tertiary alicyclic amines) is 1. The number of carbonyl (C=O) groups is 1. The van der Waals surface area contributed by atoms with Gasteiger partial charge in [0.1, 0.15) is 11.4 Å². The molecule has 4 aromatic rings. The summed E-state index contributed by atoms with van der Waals surface area (Å²) in [6.07, 6.45) is 6.37. The van der Waals surface area contributed by atoms with Gasteiger partial charge in [-0.15, -0.1) is 0 Å². The van der Waals surface area contributed by atoms with Gasteiger partial charge < -0.3 is 9.30 Å².